The summed E-state index contributed by atoms with van der Waals surface area (Å²) in [4.78, 5) is 17.7. The van der Waals surface area contributed by atoms with E-state index in [1.54, 1.807) is 12.1 Å². The lowest BCUT2D eigenvalue weighted by molar-refractivity contribution is 1.17. The van der Waals surface area contributed by atoms with Crippen molar-refractivity contribution in [1.29, 1.82) is 0 Å². The molecule has 0 fully saturated rings. The highest BCUT2D eigenvalue weighted by Crippen LogP contribution is 2.21. The fourth-order valence-corrected chi connectivity index (χ4v) is 1.70. The number of aromatic amines is 1. The Labute approximate surface area is 92.3 Å². The Hall–Kier alpha value is -0.620. The minimum Gasteiger partial charge on any atom is -0.346 e. The van der Waals surface area contributed by atoms with E-state index < -0.39 is 0 Å². The number of nitrogens with zero attached hydrogens (tertiary/aromatic N) is 1. The average molecular weight is 306 g/mol. The van der Waals surface area contributed by atoms with Crippen molar-refractivity contribution in [3.05, 3.63) is 37.4 Å². The van der Waals surface area contributed by atoms with Crippen LogP contribution in [0.2, 0.25) is 5.02 Å². The number of benzene rings is 1. The molecule has 5 heteroatoms. The van der Waals surface area contributed by atoms with Gasteiger partial charge in [0.15, 0.2) is 0 Å². The smallest absolute Gasteiger partial charge is 0.280 e. The highest BCUT2D eigenvalue weighted by atomic mass is 127. The van der Waals surface area contributed by atoms with Crippen LogP contribution in [0.4, 0.5) is 0 Å². The van der Waals surface area contributed by atoms with Gasteiger partial charge in [-0.25, -0.2) is 0 Å². The molecule has 0 aliphatic rings. The van der Waals surface area contributed by atoms with Gasteiger partial charge in [0.1, 0.15) is 0 Å². The van der Waals surface area contributed by atoms with Crippen molar-refractivity contribution in [3.63, 3.8) is 0 Å². The Kier molecular flexibility index (Phi) is 2.25. The van der Waals surface area contributed by atoms with Crippen molar-refractivity contribution in [2.45, 2.75) is 0 Å². The summed E-state index contributed by atoms with van der Waals surface area (Å²) in [5.74, 6) is 0. The zero-order valence-corrected chi connectivity index (χ0v) is 9.26. The largest absolute Gasteiger partial charge is 0.346 e. The molecule has 0 saturated carbocycles. The van der Waals surface area contributed by atoms with Crippen LogP contribution >= 0.6 is 34.2 Å². The van der Waals surface area contributed by atoms with Crippen LogP contribution in [0, 0.1) is 3.57 Å². The molecule has 0 radical (unpaired) electrons. The molecule has 1 N–H and O–H groups in total. The van der Waals surface area contributed by atoms with Crippen LogP contribution in [0.5, 0.6) is 0 Å². The summed E-state index contributed by atoms with van der Waals surface area (Å²) < 4.78 is 0.852. The summed E-state index contributed by atoms with van der Waals surface area (Å²) in [5.41, 5.74) is 0.480. The molecule has 0 unspecified atom stereocenters. The van der Waals surface area contributed by atoms with Crippen LogP contribution in [0.15, 0.2) is 23.3 Å². The van der Waals surface area contributed by atoms with Gasteiger partial charge in [-0.15, -0.1) is 0 Å². The average Bonchev–Trinajstić information content (AvgIpc) is 2.09. The summed E-state index contributed by atoms with van der Waals surface area (Å²) in [6.07, 6.45) is 1.37. The Morgan fingerprint density at radius 3 is 3.00 bits per heavy atom. The van der Waals surface area contributed by atoms with Crippen LogP contribution in [-0.2, 0) is 0 Å². The Balaban J connectivity index is 2.97. The molecule has 1 aromatic heterocycles. The van der Waals surface area contributed by atoms with Crippen molar-refractivity contribution >= 4 is 45.1 Å². The fraction of sp³-hybridized carbons (Fsp3) is 0. The molecule has 66 valence electrons. The molecule has 0 atom stereocenters. The van der Waals surface area contributed by atoms with E-state index in [0.717, 1.165) is 3.57 Å². The van der Waals surface area contributed by atoms with Crippen molar-refractivity contribution in [2.75, 3.05) is 0 Å². The van der Waals surface area contributed by atoms with Gasteiger partial charge in [0.2, 0.25) is 0 Å². The standard InChI is InChI=1S/C8H4ClIN2O/c9-5-2-7-4(1-6(5)10)8(13)12-3-11-7/h1-3H,(H,11,12,13). The summed E-state index contributed by atoms with van der Waals surface area (Å²) >= 11 is 7.97. The zero-order valence-electron chi connectivity index (χ0n) is 6.34. The van der Waals surface area contributed by atoms with E-state index in [1.165, 1.54) is 6.33 Å². The van der Waals surface area contributed by atoms with Gasteiger partial charge >= 0.3 is 0 Å². The normalized spacial score (nSPS) is 10.6. The maximum atomic E-state index is 11.3. The van der Waals surface area contributed by atoms with E-state index in [1.807, 2.05) is 0 Å². The van der Waals surface area contributed by atoms with E-state index in [4.69, 9.17) is 11.6 Å². The first-order chi connectivity index (χ1) is 6.18. The van der Waals surface area contributed by atoms with E-state index in [0.29, 0.717) is 15.9 Å². The highest BCUT2D eigenvalue weighted by Gasteiger charge is 2.03. The van der Waals surface area contributed by atoms with Gasteiger partial charge in [-0.1, -0.05) is 11.6 Å². The van der Waals surface area contributed by atoms with E-state index in [9.17, 15) is 4.79 Å². The minimum absolute atomic E-state index is 0.233. The predicted molar refractivity (Wildman–Crippen MR) is 60.1 cm³/mol. The van der Waals surface area contributed by atoms with Gasteiger partial charge in [-0.05, 0) is 34.7 Å². The lowest BCUT2D eigenvalue weighted by atomic mass is 10.2. The number of aromatic nitrogens is 2. The van der Waals surface area contributed by atoms with Crippen LogP contribution < -0.4 is 5.56 Å². The molecule has 0 amide bonds. The highest BCUT2D eigenvalue weighted by molar-refractivity contribution is 14.1. The first kappa shape index (κ1) is 8.96. The fourth-order valence-electron chi connectivity index (χ4n) is 1.07. The Bertz CT molecular complexity index is 523. The number of hydrogen-bond donors (Lipinski definition) is 1. The molecule has 0 aliphatic heterocycles. The van der Waals surface area contributed by atoms with Crippen molar-refractivity contribution < 1.29 is 0 Å². The first-order valence-corrected chi connectivity index (χ1v) is 4.96. The monoisotopic (exact) mass is 306 g/mol. The first-order valence-electron chi connectivity index (χ1n) is 3.51. The summed E-state index contributed by atoms with van der Waals surface area (Å²) in [6, 6.07) is 3.45. The van der Waals surface area contributed by atoms with Crippen molar-refractivity contribution in [2.24, 2.45) is 0 Å². The number of halogens is 2. The predicted octanol–water partition coefficient (Wildman–Crippen LogP) is 2.18. The summed E-state index contributed by atoms with van der Waals surface area (Å²) in [6.45, 7) is 0. The molecule has 0 bridgehead atoms. The van der Waals surface area contributed by atoms with Gasteiger partial charge in [0, 0.05) is 3.57 Å². The van der Waals surface area contributed by atoms with E-state index >= 15 is 0 Å². The molecule has 1 aromatic carbocycles. The summed E-state index contributed by atoms with van der Waals surface area (Å²) in [7, 11) is 0. The number of fused-ring (bicyclic) bond motifs is 1. The molecule has 13 heavy (non-hydrogen) atoms. The molecular weight excluding hydrogens is 302 g/mol. The van der Waals surface area contributed by atoms with Crippen molar-refractivity contribution in [3.8, 4) is 0 Å². The molecule has 2 rings (SSSR count). The lowest BCUT2D eigenvalue weighted by Crippen LogP contribution is -2.06. The number of rotatable bonds is 0. The Morgan fingerprint density at radius 2 is 2.23 bits per heavy atom. The third kappa shape index (κ3) is 1.55. The van der Waals surface area contributed by atoms with E-state index in [2.05, 4.69) is 32.6 Å². The van der Waals surface area contributed by atoms with Crippen LogP contribution in [0.25, 0.3) is 10.9 Å². The third-order valence-corrected chi connectivity index (χ3v) is 3.22. The van der Waals surface area contributed by atoms with Gasteiger partial charge in [-0.2, -0.15) is 4.98 Å². The molecule has 1 heterocycles. The second-order valence-electron chi connectivity index (χ2n) is 2.52. The molecule has 0 aliphatic carbocycles. The van der Waals surface area contributed by atoms with Crippen LogP contribution in [0.1, 0.15) is 0 Å². The van der Waals surface area contributed by atoms with E-state index in [-0.39, 0.29) is 5.56 Å². The Morgan fingerprint density at radius 1 is 1.46 bits per heavy atom. The van der Waals surface area contributed by atoms with Crippen molar-refractivity contribution in [1.82, 2.24) is 9.97 Å². The van der Waals surface area contributed by atoms with Gasteiger partial charge in [0.05, 0.1) is 22.3 Å². The number of hydrogen-bond acceptors (Lipinski definition) is 2. The minimum atomic E-state index is -0.233. The number of nitrogens with one attached hydrogen (secondary N) is 1. The second kappa shape index (κ2) is 3.26. The quantitative estimate of drug-likeness (QED) is 0.758. The molecular formula is C8H4ClIN2O. The van der Waals surface area contributed by atoms with Crippen LogP contribution in [0.3, 0.4) is 0 Å². The molecule has 0 saturated heterocycles. The molecule has 3 nitrogen and oxygen atoms in total. The molecule has 0 spiro atoms. The maximum Gasteiger partial charge on any atom is 0.280 e. The van der Waals surface area contributed by atoms with Gasteiger partial charge < -0.3 is 4.98 Å². The SMILES string of the molecule is O=c1nc[nH]c2cc(Cl)c(I)cc12. The molecule has 2 aromatic rings. The third-order valence-electron chi connectivity index (χ3n) is 1.69. The summed E-state index contributed by atoms with van der Waals surface area (Å²) in [5, 5.41) is 1.20. The lowest BCUT2D eigenvalue weighted by Gasteiger charge is -1.98. The maximum absolute atomic E-state index is 11.3. The van der Waals surface area contributed by atoms with Crippen LogP contribution in [-0.4, -0.2) is 9.97 Å². The van der Waals surface area contributed by atoms with Gasteiger partial charge in [0.25, 0.3) is 5.56 Å². The number of H-pyrrole nitrogens is 1. The topological polar surface area (TPSA) is 45.8 Å². The second-order valence-corrected chi connectivity index (χ2v) is 4.09. The zero-order chi connectivity index (χ0) is 9.42. The van der Waals surface area contributed by atoms with Gasteiger partial charge in [-0.3, -0.25) is 4.79 Å².